The number of hydrogen-bond donors (Lipinski definition) is 1. The number of aromatic nitrogens is 1. The molecule has 5 heteroatoms. The smallest absolute Gasteiger partial charge is 0.260 e. The zero-order valence-electron chi connectivity index (χ0n) is 12.0. The van der Waals surface area contributed by atoms with Crippen molar-refractivity contribution in [2.45, 2.75) is 13.5 Å². The second kappa shape index (κ2) is 7.28. The molecule has 2 N–H and O–H groups in total. The monoisotopic (exact) mass is 285 g/mol. The number of nitrogens with zero attached hydrogens (tertiary/aromatic N) is 2. The molecule has 0 aliphatic heterocycles. The van der Waals surface area contributed by atoms with E-state index in [1.54, 1.807) is 23.2 Å². The average molecular weight is 285 g/mol. The van der Waals surface area contributed by atoms with E-state index in [1.165, 1.54) is 0 Å². The van der Waals surface area contributed by atoms with Crippen molar-refractivity contribution in [3.05, 3.63) is 54.4 Å². The number of nitrogen functional groups attached to an aromatic ring is 1. The number of carbonyl (C=O) groups is 1. The molecule has 5 nitrogen and oxygen atoms in total. The van der Waals surface area contributed by atoms with Crippen molar-refractivity contribution in [1.82, 2.24) is 9.88 Å². The van der Waals surface area contributed by atoms with Crippen LogP contribution in [-0.4, -0.2) is 28.9 Å². The second-order valence-electron chi connectivity index (χ2n) is 4.56. The van der Waals surface area contributed by atoms with Gasteiger partial charge in [-0.15, -0.1) is 0 Å². The van der Waals surface area contributed by atoms with E-state index in [1.807, 2.05) is 37.3 Å². The molecule has 0 saturated carbocycles. The van der Waals surface area contributed by atoms with Gasteiger partial charge < -0.3 is 15.4 Å². The summed E-state index contributed by atoms with van der Waals surface area (Å²) in [6.07, 6.45) is 1.72. The van der Waals surface area contributed by atoms with Gasteiger partial charge in [0, 0.05) is 12.7 Å². The molecule has 2 rings (SSSR count). The molecule has 0 radical (unpaired) electrons. The minimum Gasteiger partial charge on any atom is -0.482 e. The average Bonchev–Trinajstić information content (AvgIpc) is 2.52. The maximum Gasteiger partial charge on any atom is 0.260 e. The molecule has 0 spiro atoms. The molecule has 1 heterocycles. The van der Waals surface area contributed by atoms with Gasteiger partial charge in [-0.05, 0) is 31.2 Å². The second-order valence-corrected chi connectivity index (χ2v) is 4.56. The van der Waals surface area contributed by atoms with E-state index in [2.05, 4.69) is 4.98 Å². The summed E-state index contributed by atoms with van der Waals surface area (Å²) in [7, 11) is 0. The van der Waals surface area contributed by atoms with Crippen molar-refractivity contribution in [3.8, 4) is 5.75 Å². The van der Waals surface area contributed by atoms with Gasteiger partial charge in [-0.1, -0.05) is 18.2 Å². The van der Waals surface area contributed by atoms with Gasteiger partial charge in [0.25, 0.3) is 5.91 Å². The van der Waals surface area contributed by atoms with Crippen molar-refractivity contribution in [2.75, 3.05) is 18.9 Å². The van der Waals surface area contributed by atoms with E-state index in [9.17, 15) is 4.79 Å². The number of amides is 1. The van der Waals surface area contributed by atoms with Gasteiger partial charge in [0.15, 0.2) is 6.61 Å². The SMILES string of the molecule is CCN(Cc1ccccn1)C(=O)COc1ccccc1N. The van der Waals surface area contributed by atoms with Gasteiger partial charge in [0.2, 0.25) is 0 Å². The highest BCUT2D eigenvalue weighted by molar-refractivity contribution is 5.78. The number of para-hydroxylation sites is 2. The van der Waals surface area contributed by atoms with Crippen molar-refractivity contribution in [1.29, 1.82) is 0 Å². The summed E-state index contributed by atoms with van der Waals surface area (Å²) in [5.41, 5.74) is 7.16. The molecule has 0 bridgehead atoms. The molecule has 1 aromatic heterocycles. The van der Waals surface area contributed by atoms with Crippen molar-refractivity contribution < 1.29 is 9.53 Å². The van der Waals surface area contributed by atoms with Gasteiger partial charge in [0.1, 0.15) is 5.75 Å². The maximum atomic E-state index is 12.2. The molecule has 1 amide bonds. The first-order valence-corrected chi connectivity index (χ1v) is 6.85. The Labute approximate surface area is 124 Å². The Bertz CT molecular complexity index is 587. The van der Waals surface area contributed by atoms with Crippen LogP contribution in [0.4, 0.5) is 5.69 Å². The number of likely N-dealkylation sites (N-methyl/N-ethyl adjacent to an activating group) is 1. The summed E-state index contributed by atoms with van der Waals surface area (Å²) >= 11 is 0. The van der Waals surface area contributed by atoms with E-state index in [0.29, 0.717) is 24.5 Å². The topological polar surface area (TPSA) is 68.5 Å². The molecule has 1 aromatic carbocycles. The number of rotatable bonds is 6. The zero-order valence-corrected chi connectivity index (χ0v) is 12.0. The minimum absolute atomic E-state index is 0.0329. The van der Waals surface area contributed by atoms with Crippen LogP contribution in [-0.2, 0) is 11.3 Å². The van der Waals surface area contributed by atoms with Crippen LogP contribution in [0.2, 0.25) is 0 Å². The van der Waals surface area contributed by atoms with Crippen LogP contribution in [0.5, 0.6) is 5.75 Å². The molecule has 0 unspecified atom stereocenters. The molecule has 0 aliphatic rings. The fraction of sp³-hybridized carbons (Fsp3) is 0.250. The quantitative estimate of drug-likeness (QED) is 0.825. The third kappa shape index (κ3) is 4.21. The number of nitrogens with two attached hydrogens (primary N) is 1. The lowest BCUT2D eigenvalue weighted by Gasteiger charge is -2.20. The molecule has 0 aliphatic carbocycles. The lowest BCUT2D eigenvalue weighted by molar-refractivity contribution is -0.133. The highest BCUT2D eigenvalue weighted by Gasteiger charge is 2.14. The van der Waals surface area contributed by atoms with Gasteiger partial charge in [-0.25, -0.2) is 0 Å². The Kier molecular flexibility index (Phi) is 5.15. The minimum atomic E-state index is -0.0913. The van der Waals surface area contributed by atoms with Crippen LogP contribution >= 0.6 is 0 Å². The first-order chi connectivity index (χ1) is 10.2. The van der Waals surface area contributed by atoms with Gasteiger partial charge in [-0.2, -0.15) is 0 Å². The Morgan fingerprint density at radius 2 is 2.00 bits per heavy atom. The van der Waals surface area contributed by atoms with Crippen molar-refractivity contribution >= 4 is 11.6 Å². The zero-order chi connectivity index (χ0) is 15.1. The summed E-state index contributed by atoms with van der Waals surface area (Å²) in [6.45, 7) is 2.97. The van der Waals surface area contributed by atoms with Crippen molar-refractivity contribution in [3.63, 3.8) is 0 Å². The number of anilines is 1. The van der Waals surface area contributed by atoms with Crippen LogP contribution in [0, 0.1) is 0 Å². The largest absolute Gasteiger partial charge is 0.482 e. The molecular formula is C16H19N3O2. The lowest BCUT2D eigenvalue weighted by atomic mass is 10.3. The molecule has 0 saturated heterocycles. The van der Waals surface area contributed by atoms with Gasteiger partial charge in [-0.3, -0.25) is 9.78 Å². The van der Waals surface area contributed by atoms with Crippen molar-refractivity contribution in [2.24, 2.45) is 0 Å². The Hall–Kier alpha value is -2.56. The highest BCUT2D eigenvalue weighted by Crippen LogP contribution is 2.19. The van der Waals surface area contributed by atoms with Crippen LogP contribution in [0.1, 0.15) is 12.6 Å². The third-order valence-electron chi connectivity index (χ3n) is 3.08. The van der Waals surface area contributed by atoms with Crippen LogP contribution in [0.25, 0.3) is 0 Å². The fourth-order valence-electron chi connectivity index (χ4n) is 1.91. The molecule has 0 fully saturated rings. The summed E-state index contributed by atoms with van der Waals surface area (Å²) in [4.78, 5) is 18.1. The number of benzene rings is 1. The molecule has 110 valence electrons. The summed E-state index contributed by atoms with van der Waals surface area (Å²) in [6, 6.07) is 12.8. The lowest BCUT2D eigenvalue weighted by Crippen LogP contribution is -2.34. The normalized spacial score (nSPS) is 10.1. The third-order valence-corrected chi connectivity index (χ3v) is 3.08. The highest BCUT2D eigenvalue weighted by atomic mass is 16.5. The number of carbonyl (C=O) groups excluding carboxylic acids is 1. The molecular weight excluding hydrogens is 266 g/mol. The predicted octanol–water partition coefficient (Wildman–Crippen LogP) is 2.09. The van der Waals surface area contributed by atoms with Crippen LogP contribution < -0.4 is 10.5 Å². The van der Waals surface area contributed by atoms with Gasteiger partial charge >= 0.3 is 0 Å². The predicted molar refractivity (Wildman–Crippen MR) is 81.7 cm³/mol. The Balaban J connectivity index is 1.93. The Morgan fingerprint density at radius 1 is 1.24 bits per heavy atom. The standard InChI is InChI=1S/C16H19N3O2/c1-2-19(11-13-7-5-6-10-18-13)16(20)12-21-15-9-4-3-8-14(15)17/h3-10H,2,11-12,17H2,1H3. The van der Waals surface area contributed by atoms with E-state index in [-0.39, 0.29) is 12.5 Å². The summed E-state index contributed by atoms with van der Waals surface area (Å²) < 4.78 is 5.48. The first-order valence-electron chi connectivity index (χ1n) is 6.85. The summed E-state index contributed by atoms with van der Waals surface area (Å²) in [5, 5.41) is 0. The number of ether oxygens (including phenoxy) is 1. The van der Waals surface area contributed by atoms with Crippen LogP contribution in [0.3, 0.4) is 0 Å². The fourth-order valence-corrected chi connectivity index (χ4v) is 1.91. The van der Waals surface area contributed by atoms with E-state index in [0.717, 1.165) is 5.69 Å². The summed E-state index contributed by atoms with van der Waals surface area (Å²) in [5.74, 6) is 0.436. The van der Waals surface area contributed by atoms with E-state index >= 15 is 0 Å². The van der Waals surface area contributed by atoms with E-state index < -0.39 is 0 Å². The number of hydrogen-bond acceptors (Lipinski definition) is 4. The molecule has 0 atom stereocenters. The Morgan fingerprint density at radius 3 is 2.67 bits per heavy atom. The number of pyridine rings is 1. The maximum absolute atomic E-state index is 12.2. The van der Waals surface area contributed by atoms with Gasteiger partial charge in [0.05, 0.1) is 17.9 Å². The molecule has 2 aromatic rings. The van der Waals surface area contributed by atoms with Crippen LogP contribution in [0.15, 0.2) is 48.7 Å². The first kappa shape index (κ1) is 14.8. The van der Waals surface area contributed by atoms with E-state index in [4.69, 9.17) is 10.5 Å². The molecule has 21 heavy (non-hydrogen) atoms.